The van der Waals surface area contributed by atoms with Crippen molar-refractivity contribution in [2.24, 2.45) is 0 Å². The molecule has 1 aliphatic carbocycles. The van der Waals surface area contributed by atoms with Crippen molar-refractivity contribution >= 4 is 0 Å². The SMILES string of the molecule is CCOc1ccc(OC2CCc3ccccc3C2O)cc1. The fraction of sp³-hybridized carbons (Fsp3) is 0.333. The van der Waals surface area contributed by atoms with Gasteiger partial charge < -0.3 is 14.6 Å². The van der Waals surface area contributed by atoms with E-state index in [9.17, 15) is 5.11 Å². The van der Waals surface area contributed by atoms with Crippen molar-refractivity contribution in [3.8, 4) is 11.5 Å². The van der Waals surface area contributed by atoms with Crippen molar-refractivity contribution in [3.05, 3.63) is 59.7 Å². The molecule has 0 spiro atoms. The third-order valence-corrected chi connectivity index (χ3v) is 3.85. The zero-order chi connectivity index (χ0) is 14.7. The molecule has 3 heteroatoms. The first kappa shape index (κ1) is 14.0. The Balaban J connectivity index is 1.71. The van der Waals surface area contributed by atoms with Crippen molar-refractivity contribution in [2.75, 3.05) is 6.61 Å². The third-order valence-electron chi connectivity index (χ3n) is 3.85. The highest BCUT2D eigenvalue weighted by molar-refractivity contribution is 5.34. The Hall–Kier alpha value is -2.00. The minimum atomic E-state index is -0.568. The van der Waals surface area contributed by atoms with Gasteiger partial charge in [0.1, 0.15) is 23.7 Å². The van der Waals surface area contributed by atoms with Crippen molar-refractivity contribution in [3.63, 3.8) is 0 Å². The Morgan fingerprint density at radius 1 is 1.05 bits per heavy atom. The lowest BCUT2D eigenvalue weighted by atomic mass is 9.87. The Labute approximate surface area is 125 Å². The predicted molar refractivity (Wildman–Crippen MR) is 81.7 cm³/mol. The van der Waals surface area contributed by atoms with Crippen LogP contribution in [0.3, 0.4) is 0 Å². The van der Waals surface area contributed by atoms with E-state index in [-0.39, 0.29) is 6.10 Å². The lowest BCUT2D eigenvalue weighted by Crippen LogP contribution is -2.30. The van der Waals surface area contributed by atoms with Gasteiger partial charge in [-0.05, 0) is 55.2 Å². The van der Waals surface area contributed by atoms with E-state index in [0.717, 1.165) is 29.9 Å². The number of aryl methyl sites for hydroxylation is 1. The lowest BCUT2D eigenvalue weighted by molar-refractivity contribution is 0.0230. The molecule has 21 heavy (non-hydrogen) atoms. The van der Waals surface area contributed by atoms with Crippen LogP contribution in [0.5, 0.6) is 11.5 Å². The minimum absolute atomic E-state index is 0.196. The first-order chi connectivity index (χ1) is 10.3. The third kappa shape index (κ3) is 3.03. The molecule has 3 nitrogen and oxygen atoms in total. The van der Waals surface area contributed by atoms with Gasteiger partial charge in [-0.25, -0.2) is 0 Å². The van der Waals surface area contributed by atoms with Crippen LogP contribution in [0.2, 0.25) is 0 Å². The number of benzene rings is 2. The van der Waals surface area contributed by atoms with Gasteiger partial charge in [-0.3, -0.25) is 0 Å². The van der Waals surface area contributed by atoms with Crippen LogP contribution in [0.4, 0.5) is 0 Å². The molecule has 0 aliphatic heterocycles. The number of hydrogen-bond acceptors (Lipinski definition) is 3. The van der Waals surface area contributed by atoms with Gasteiger partial charge in [-0.15, -0.1) is 0 Å². The summed E-state index contributed by atoms with van der Waals surface area (Å²) in [5.41, 5.74) is 2.20. The summed E-state index contributed by atoms with van der Waals surface area (Å²) in [6.45, 7) is 2.61. The Morgan fingerprint density at radius 3 is 2.52 bits per heavy atom. The predicted octanol–water partition coefficient (Wildman–Crippen LogP) is 3.51. The maximum Gasteiger partial charge on any atom is 0.129 e. The van der Waals surface area contributed by atoms with E-state index in [0.29, 0.717) is 6.61 Å². The van der Waals surface area contributed by atoms with Crippen LogP contribution in [-0.4, -0.2) is 17.8 Å². The molecule has 110 valence electrons. The summed E-state index contributed by atoms with van der Waals surface area (Å²) in [6, 6.07) is 15.6. The second-order valence-corrected chi connectivity index (χ2v) is 5.24. The summed E-state index contributed by atoms with van der Waals surface area (Å²) >= 11 is 0. The first-order valence-electron chi connectivity index (χ1n) is 7.43. The number of rotatable bonds is 4. The highest BCUT2D eigenvalue weighted by Gasteiger charge is 2.29. The standard InChI is InChI=1S/C18H20O3/c1-2-20-14-8-10-15(11-9-14)21-17-12-7-13-5-3-4-6-16(13)18(17)19/h3-6,8-11,17-19H,2,7,12H2,1H3. The van der Waals surface area contributed by atoms with Gasteiger partial charge in [0.25, 0.3) is 0 Å². The van der Waals surface area contributed by atoms with Crippen molar-refractivity contribution < 1.29 is 14.6 Å². The van der Waals surface area contributed by atoms with Crippen molar-refractivity contribution in [1.82, 2.24) is 0 Å². The van der Waals surface area contributed by atoms with Gasteiger partial charge in [0.05, 0.1) is 6.61 Å². The number of ether oxygens (including phenoxy) is 2. The van der Waals surface area contributed by atoms with Gasteiger partial charge in [0.2, 0.25) is 0 Å². The summed E-state index contributed by atoms with van der Waals surface area (Å²) < 4.78 is 11.4. The summed E-state index contributed by atoms with van der Waals surface area (Å²) in [4.78, 5) is 0. The molecule has 2 unspecified atom stereocenters. The number of hydrogen-bond donors (Lipinski definition) is 1. The first-order valence-corrected chi connectivity index (χ1v) is 7.43. The molecule has 0 aromatic heterocycles. The van der Waals surface area contributed by atoms with Gasteiger partial charge >= 0.3 is 0 Å². The van der Waals surface area contributed by atoms with Crippen LogP contribution in [-0.2, 0) is 6.42 Å². The fourth-order valence-electron chi connectivity index (χ4n) is 2.79. The van der Waals surface area contributed by atoms with Crippen LogP contribution in [0.1, 0.15) is 30.6 Å². The van der Waals surface area contributed by atoms with Gasteiger partial charge in [-0.2, -0.15) is 0 Å². The summed E-state index contributed by atoms with van der Waals surface area (Å²) in [5, 5.41) is 10.5. The minimum Gasteiger partial charge on any atom is -0.494 e. The quantitative estimate of drug-likeness (QED) is 0.933. The van der Waals surface area contributed by atoms with E-state index in [4.69, 9.17) is 9.47 Å². The Bertz CT molecular complexity index is 592. The molecule has 0 saturated carbocycles. The van der Waals surface area contributed by atoms with Gasteiger partial charge in [0, 0.05) is 0 Å². The summed E-state index contributed by atoms with van der Waals surface area (Å²) in [7, 11) is 0. The lowest BCUT2D eigenvalue weighted by Gasteiger charge is -2.30. The second kappa shape index (κ2) is 6.19. The highest BCUT2D eigenvalue weighted by Crippen LogP contribution is 2.32. The monoisotopic (exact) mass is 284 g/mol. The molecule has 0 fully saturated rings. The molecule has 0 bridgehead atoms. The average molecular weight is 284 g/mol. The molecule has 0 saturated heterocycles. The molecule has 2 aromatic carbocycles. The zero-order valence-electron chi connectivity index (χ0n) is 12.2. The maximum atomic E-state index is 10.5. The largest absolute Gasteiger partial charge is 0.494 e. The number of aliphatic hydroxyl groups excluding tert-OH is 1. The van der Waals surface area contributed by atoms with Crippen molar-refractivity contribution in [1.29, 1.82) is 0 Å². The molecule has 0 heterocycles. The molecule has 1 N–H and O–H groups in total. The van der Waals surface area contributed by atoms with E-state index in [1.807, 2.05) is 49.4 Å². The van der Waals surface area contributed by atoms with Crippen LogP contribution < -0.4 is 9.47 Å². The van der Waals surface area contributed by atoms with Crippen LogP contribution in [0.25, 0.3) is 0 Å². The molecule has 0 amide bonds. The average Bonchev–Trinajstić information content (AvgIpc) is 2.52. The summed E-state index contributed by atoms with van der Waals surface area (Å²) in [6.07, 6.45) is 1.000. The molecular weight excluding hydrogens is 264 g/mol. The van der Waals surface area contributed by atoms with Gasteiger partial charge in [0.15, 0.2) is 0 Å². The molecule has 0 radical (unpaired) electrons. The highest BCUT2D eigenvalue weighted by atomic mass is 16.5. The van der Waals surface area contributed by atoms with E-state index in [1.54, 1.807) is 0 Å². The van der Waals surface area contributed by atoms with E-state index in [2.05, 4.69) is 6.07 Å². The number of aliphatic hydroxyl groups is 1. The summed E-state index contributed by atoms with van der Waals surface area (Å²) in [5.74, 6) is 1.60. The fourth-order valence-corrected chi connectivity index (χ4v) is 2.79. The maximum absolute atomic E-state index is 10.5. The Morgan fingerprint density at radius 2 is 1.76 bits per heavy atom. The van der Waals surface area contributed by atoms with E-state index < -0.39 is 6.10 Å². The number of fused-ring (bicyclic) bond motifs is 1. The normalized spacial score (nSPS) is 20.7. The smallest absolute Gasteiger partial charge is 0.129 e. The van der Waals surface area contributed by atoms with E-state index >= 15 is 0 Å². The second-order valence-electron chi connectivity index (χ2n) is 5.24. The van der Waals surface area contributed by atoms with E-state index in [1.165, 1.54) is 5.56 Å². The Kier molecular flexibility index (Phi) is 4.11. The van der Waals surface area contributed by atoms with Crippen LogP contribution in [0, 0.1) is 0 Å². The molecular formula is C18H20O3. The van der Waals surface area contributed by atoms with Crippen molar-refractivity contribution in [2.45, 2.75) is 32.0 Å². The molecule has 2 atom stereocenters. The zero-order valence-corrected chi connectivity index (χ0v) is 12.2. The molecule has 2 aromatic rings. The van der Waals surface area contributed by atoms with Gasteiger partial charge in [-0.1, -0.05) is 24.3 Å². The van der Waals surface area contributed by atoms with Crippen LogP contribution in [0.15, 0.2) is 48.5 Å². The molecule has 1 aliphatic rings. The van der Waals surface area contributed by atoms with Crippen LogP contribution >= 0.6 is 0 Å². The molecule has 3 rings (SSSR count). The topological polar surface area (TPSA) is 38.7 Å².